The number of ether oxygens (including phenoxy) is 3. The predicted molar refractivity (Wildman–Crippen MR) is 81.2 cm³/mol. The lowest BCUT2D eigenvalue weighted by Crippen LogP contribution is -2.35. The van der Waals surface area contributed by atoms with Gasteiger partial charge in [-0.2, -0.15) is 0 Å². The molecule has 0 spiro atoms. The first-order chi connectivity index (χ1) is 11.6. The maximum absolute atomic E-state index is 12.4. The van der Waals surface area contributed by atoms with Gasteiger partial charge < -0.3 is 19.0 Å². The Bertz CT molecular complexity index is 629. The van der Waals surface area contributed by atoms with Gasteiger partial charge in [0.15, 0.2) is 12.2 Å². The van der Waals surface area contributed by atoms with Gasteiger partial charge in [0.25, 0.3) is 5.09 Å². The van der Waals surface area contributed by atoms with Gasteiger partial charge in [-0.3, -0.25) is 0 Å². The Morgan fingerprint density at radius 2 is 2.12 bits per heavy atom. The number of rotatable bonds is 6. The Morgan fingerprint density at radius 3 is 2.83 bits per heavy atom. The lowest BCUT2D eigenvalue weighted by molar-refractivity contribution is -0.769. The molecule has 0 amide bonds. The van der Waals surface area contributed by atoms with Crippen molar-refractivity contribution >= 4 is 17.7 Å². The third-order valence-electron chi connectivity index (χ3n) is 3.71. The number of thioether (sulfide) groups is 1. The highest BCUT2D eigenvalue weighted by Gasteiger charge is 2.51. The van der Waals surface area contributed by atoms with E-state index in [4.69, 9.17) is 14.2 Å². The first-order valence-electron chi connectivity index (χ1n) is 7.43. The van der Waals surface area contributed by atoms with Crippen LogP contribution < -0.4 is 0 Å². The summed E-state index contributed by atoms with van der Waals surface area (Å²) in [6.45, 7) is 2.09. The fourth-order valence-corrected chi connectivity index (χ4v) is 3.45. The van der Waals surface area contributed by atoms with Crippen molar-refractivity contribution in [2.24, 2.45) is 0 Å². The Hall–Kier alpha value is -1.91. The summed E-state index contributed by atoms with van der Waals surface area (Å²) >= 11 is 1.45. The minimum absolute atomic E-state index is 0.0220. The molecule has 0 saturated carbocycles. The van der Waals surface area contributed by atoms with Crippen molar-refractivity contribution in [2.75, 3.05) is 19.0 Å². The molecule has 2 fully saturated rings. The molecule has 2 aliphatic rings. The molecule has 4 atom stereocenters. The van der Waals surface area contributed by atoms with Crippen LogP contribution >= 0.6 is 11.8 Å². The van der Waals surface area contributed by atoms with Gasteiger partial charge in [-0.25, -0.2) is 9.78 Å². The zero-order valence-corrected chi connectivity index (χ0v) is 13.6. The van der Waals surface area contributed by atoms with E-state index in [1.165, 1.54) is 11.8 Å². The zero-order chi connectivity index (χ0) is 17.1. The van der Waals surface area contributed by atoms with Crippen LogP contribution in [0.5, 0.6) is 0 Å². The highest BCUT2D eigenvalue weighted by molar-refractivity contribution is 7.99. The van der Waals surface area contributed by atoms with Crippen molar-refractivity contribution in [1.29, 1.82) is 0 Å². The molecule has 9 nitrogen and oxygen atoms in total. The van der Waals surface area contributed by atoms with E-state index < -0.39 is 35.5 Å². The van der Waals surface area contributed by atoms with Gasteiger partial charge in [-0.1, -0.05) is 6.92 Å². The maximum Gasteiger partial charge on any atom is 0.341 e. The molecule has 0 bridgehead atoms. The van der Waals surface area contributed by atoms with Crippen molar-refractivity contribution in [3.05, 3.63) is 34.0 Å². The smallest absolute Gasteiger partial charge is 0.341 e. The van der Waals surface area contributed by atoms with E-state index in [-0.39, 0.29) is 13.2 Å². The number of fused-ring (bicyclic) bond motifs is 1. The fourth-order valence-electron chi connectivity index (χ4n) is 2.73. The molecule has 2 aliphatic heterocycles. The largest absolute Gasteiger partial charge is 0.453 e. The lowest BCUT2D eigenvalue weighted by atomic mass is 10.1. The molecule has 10 heteroatoms. The SMILES string of the molecule is CCSc1ncccc1C(=O)O[C@@H]1COC2C1OC[C@@H]2O[N+](=O)[O-]. The number of carbonyl (C=O) groups excluding carboxylic acids is 1. The summed E-state index contributed by atoms with van der Waals surface area (Å²) in [5, 5.41) is 10.2. The summed E-state index contributed by atoms with van der Waals surface area (Å²) in [6, 6.07) is 3.31. The highest BCUT2D eigenvalue weighted by Crippen LogP contribution is 2.31. The molecule has 0 aliphatic carbocycles. The van der Waals surface area contributed by atoms with Gasteiger partial charge in [0, 0.05) is 6.20 Å². The van der Waals surface area contributed by atoms with Crippen LogP contribution in [0.3, 0.4) is 0 Å². The minimum Gasteiger partial charge on any atom is -0.453 e. The monoisotopic (exact) mass is 356 g/mol. The van der Waals surface area contributed by atoms with E-state index in [0.29, 0.717) is 10.6 Å². The summed E-state index contributed by atoms with van der Waals surface area (Å²) in [4.78, 5) is 31.6. The Balaban J connectivity index is 1.65. The van der Waals surface area contributed by atoms with Crippen LogP contribution in [0, 0.1) is 10.1 Å². The van der Waals surface area contributed by atoms with Crippen molar-refractivity contribution in [1.82, 2.24) is 4.98 Å². The van der Waals surface area contributed by atoms with Crippen LogP contribution in [0.2, 0.25) is 0 Å². The van der Waals surface area contributed by atoms with Crippen LogP contribution in [0.1, 0.15) is 17.3 Å². The Labute approximate surface area is 141 Å². The van der Waals surface area contributed by atoms with Crippen LogP contribution in [0.4, 0.5) is 0 Å². The third-order valence-corrected chi connectivity index (χ3v) is 4.60. The van der Waals surface area contributed by atoms with E-state index in [0.717, 1.165) is 5.75 Å². The molecule has 3 heterocycles. The van der Waals surface area contributed by atoms with Gasteiger partial charge in [-0.05, 0) is 17.9 Å². The number of carbonyl (C=O) groups is 1. The number of pyridine rings is 1. The van der Waals surface area contributed by atoms with E-state index in [9.17, 15) is 14.9 Å². The van der Waals surface area contributed by atoms with E-state index in [1.807, 2.05) is 6.92 Å². The maximum atomic E-state index is 12.4. The summed E-state index contributed by atoms with van der Waals surface area (Å²) in [7, 11) is 0. The molecule has 2 saturated heterocycles. The lowest BCUT2D eigenvalue weighted by Gasteiger charge is -2.17. The fraction of sp³-hybridized carbons (Fsp3) is 0.571. The van der Waals surface area contributed by atoms with E-state index in [1.54, 1.807) is 18.3 Å². The summed E-state index contributed by atoms with van der Waals surface area (Å²) < 4.78 is 16.4. The molecule has 0 N–H and O–H groups in total. The van der Waals surface area contributed by atoms with Crippen molar-refractivity contribution in [2.45, 2.75) is 36.4 Å². The van der Waals surface area contributed by atoms with Gasteiger partial charge in [-0.15, -0.1) is 21.9 Å². The standard InChI is InChI=1S/C14H16N2O7S/c1-2-24-13-8(4-3-5-15-13)14(17)22-9-6-20-12-10(23-16(18)19)7-21-11(9)12/h3-5,9-12H,2,6-7H2,1H3/t9-,10+,11?,12?/m1/s1. The molecule has 0 radical (unpaired) electrons. The predicted octanol–water partition coefficient (Wildman–Crippen LogP) is 1.09. The first kappa shape index (κ1) is 16.9. The van der Waals surface area contributed by atoms with Crippen molar-refractivity contribution in [3.63, 3.8) is 0 Å². The number of hydrogen-bond acceptors (Lipinski definition) is 9. The van der Waals surface area contributed by atoms with Gasteiger partial charge >= 0.3 is 5.97 Å². The molecular weight excluding hydrogens is 340 g/mol. The van der Waals surface area contributed by atoms with E-state index in [2.05, 4.69) is 9.82 Å². The molecular formula is C14H16N2O7S. The second-order valence-corrected chi connectivity index (χ2v) is 6.45. The molecule has 24 heavy (non-hydrogen) atoms. The molecule has 1 aromatic heterocycles. The molecule has 1 aromatic rings. The van der Waals surface area contributed by atoms with Crippen LogP contribution in [-0.2, 0) is 19.0 Å². The number of esters is 1. The molecule has 3 rings (SSSR count). The number of aromatic nitrogens is 1. The second kappa shape index (κ2) is 7.32. The van der Waals surface area contributed by atoms with Gasteiger partial charge in [0.2, 0.25) is 0 Å². The summed E-state index contributed by atoms with van der Waals surface area (Å²) in [6.07, 6.45) is -1.02. The summed E-state index contributed by atoms with van der Waals surface area (Å²) in [5.74, 6) is 0.257. The molecule has 2 unspecified atom stereocenters. The van der Waals surface area contributed by atoms with Crippen LogP contribution in [0.25, 0.3) is 0 Å². The van der Waals surface area contributed by atoms with Crippen LogP contribution in [-0.4, -0.2) is 59.4 Å². The Kier molecular flexibility index (Phi) is 5.17. The third kappa shape index (κ3) is 3.45. The number of nitrogens with zero attached hydrogens (tertiary/aromatic N) is 2. The zero-order valence-electron chi connectivity index (χ0n) is 12.8. The highest BCUT2D eigenvalue weighted by atomic mass is 32.2. The normalized spacial score (nSPS) is 28.4. The first-order valence-corrected chi connectivity index (χ1v) is 8.42. The van der Waals surface area contributed by atoms with Crippen LogP contribution in [0.15, 0.2) is 23.4 Å². The average molecular weight is 356 g/mol. The van der Waals surface area contributed by atoms with Crippen molar-refractivity contribution < 1.29 is 28.9 Å². The second-order valence-electron chi connectivity index (χ2n) is 5.20. The topological polar surface area (TPSA) is 110 Å². The molecule has 0 aromatic carbocycles. The van der Waals surface area contributed by atoms with Gasteiger partial charge in [0.05, 0.1) is 18.8 Å². The molecule has 130 valence electrons. The van der Waals surface area contributed by atoms with Gasteiger partial charge in [0.1, 0.15) is 17.2 Å². The number of hydrogen-bond donors (Lipinski definition) is 0. The average Bonchev–Trinajstić information content (AvgIpc) is 3.12. The van der Waals surface area contributed by atoms with Crippen molar-refractivity contribution in [3.8, 4) is 0 Å². The quantitative estimate of drug-likeness (QED) is 0.320. The minimum atomic E-state index is -0.872. The van der Waals surface area contributed by atoms with E-state index >= 15 is 0 Å². The Morgan fingerprint density at radius 1 is 1.42 bits per heavy atom. The summed E-state index contributed by atoms with van der Waals surface area (Å²) in [5.41, 5.74) is 0.379.